The van der Waals surface area contributed by atoms with Gasteiger partial charge in [-0.2, -0.15) is 0 Å². The average Bonchev–Trinajstić information content (AvgIpc) is 2.83. The average molecular weight is 225 g/mol. The zero-order chi connectivity index (χ0) is 12.0. The third-order valence-electron chi connectivity index (χ3n) is 4.19. The van der Waals surface area contributed by atoms with E-state index in [4.69, 9.17) is 0 Å². The van der Waals surface area contributed by atoms with Crippen LogP contribution in [0.3, 0.4) is 0 Å². The van der Waals surface area contributed by atoms with Gasteiger partial charge in [-0.3, -0.25) is 4.79 Å². The monoisotopic (exact) mass is 225 g/mol. The molecular weight excluding hydrogens is 202 g/mol. The minimum atomic E-state index is -0.575. The van der Waals surface area contributed by atoms with Crippen LogP contribution in [0.15, 0.2) is 0 Å². The number of hydrogen-bond donors (Lipinski definition) is 1. The highest BCUT2D eigenvalue weighted by Crippen LogP contribution is 2.52. The minimum absolute atomic E-state index is 0.214. The SMILES string of the molecule is CC1(O)CCCN(C(=O)C2CC2(C)C)CC1. The maximum absolute atomic E-state index is 12.2. The second-order valence-corrected chi connectivity index (χ2v) is 6.42. The standard InChI is InChI=1S/C13H23NO2/c1-12(2)9-10(12)11(15)14-7-4-5-13(3,16)6-8-14/h10,16H,4-9H2,1-3H3. The van der Waals surface area contributed by atoms with E-state index in [1.165, 1.54) is 0 Å². The van der Waals surface area contributed by atoms with Crippen LogP contribution < -0.4 is 0 Å². The summed E-state index contributed by atoms with van der Waals surface area (Å²) < 4.78 is 0. The van der Waals surface area contributed by atoms with E-state index in [0.717, 1.165) is 32.4 Å². The Labute approximate surface area is 97.8 Å². The topological polar surface area (TPSA) is 40.5 Å². The number of carbonyl (C=O) groups excluding carboxylic acids is 1. The highest BCUT2D eigenvalue weighted by molar-refractivity contribution is 5.82. The predicted molar refractivity (Wildman–Crippen MR) is 62.9 cm³/mol. The molecule has 3 heteroatoms. The molecule has 1 aliphatic heterocycles. The van der Waals surface area contributed by atoms with Gasteiger partial charge in [-0.05, 0) is 38.0 Å². The molecule has 1 amide bonds. The fourth-order valence-corrected chi connectivity index (χ4v) is 2.59. The molecule has 1 saturated heterocycles. The molecule has 2 fully saturated rings. The minimum Gasteiger partial charge on any atom is -0.390 e. The summed E-state index contributed by atoms with van der Waals surface area (Å²) in [6.45, 7) is 7.73. The molecule has 1 saturated carbocycles. The summed E-state index contributed by atoms with van der Waals surface area (Å²) in [7, 11) is 0. The molecule has 3 nitrogen and oxygen atoms in total. The fraction of sp³-hybridized carbons (Fsp3) is 0.923. The second kappa shape index (κ2) is 3.73. The van der Waals surface area contributed by atoms with Gasteiger partial charge in [0.2, 0.25) is 5.91 Å². The summed E-state index contributed by atoms with van der Waals surface area (Å²) in [6.07, 6.45) is 3.47. The molecule has 2 aliphatic rings. The number of amides is 1. The first-order chi connectivity index (χ1) is 7.32. The first-order valence-corrected chi connectivity index (χ1v) is 6.33. The van der Waals surface area contributed by atoms with Crippen LogP contribution in [-0.4, -0.2) is 34.6 Å². The quantitative estimate of drug-likeness (QED) is 0.739. The smallest absolute Gasteiger partial charge is 0.226 e. The Kier molecular flexibility index (Phi) is 2.77. The molecule has 1 heterocycles. The van der Waals surface area contributed by atoms with Crippen LogP contribution >= 0.6 is 0 Å². The maximum Gasteiger partial charge on any atom is 0.226 e. The van der Waals surface area contributed by atoms with Crippen molar-refractivity contribution in [3.63, 3.8) is 0 Å². The van der Waals surface area contributed by atoms with Crippen molar-refractivity contribution in [2.75, 3.05) is 13.1 Å². The van der Waals surface area contributed by atoms with Gasteiger partial charge >= 0.3 is 0 Å². The Morgan fingerprint density at radius 2 is 1.88 bits per heavy atom. The van der Waals surface area contributed by atoms with Crippen molar-refractivity contribution < 1.29 is 9.90 Å². The van der Waals surface area contributed by atoms with E-state index in [1.54, 1.807) is 0 Å². The lowest BCUT2D eigenvalue weighted by molar-refractivity contribution is -0.133. The van der Waals surface area contributed by atoms with E-state index in [0.29, 0.717) is 12.3 Å². The molecule has 2 unspecified atom stereocenters. The van der Waals surface area contributed by atoms with Gasteiger partial charge < -0.3 is 10.0 Å². The van der Waals surface area contributed by atoms with Gasteiger partial charge in [0.25, 0.3) is 0 Å². The third kappa shape index (κ3) is 2.40. The van der Waals surface area contributed by atoms with Crippen molar-refractivity contribution in [3.05, 3.63) is 0 Å². The van der Waals surface area contributed by atoms with Crippen molar-refractivity contribution in [1.82, 2.24) is 4.90 Å². The molecule has 0 aromatic heterocycles. The summed E-state index contributed by atoms with van der Waals surface area (Å²) in [6, 6.07) is 0. The number of carbonyl (C=O) groups is 1. The Morgan fingerprint density at radius 1 is 1.25 bits per heavy atom. The maximum atomic E-state index is 12.2. The number of rotatable bonds is 1. The summed E-state index contributed by atoms with van der Waals surface area (Å²) in [5, 5.41) is 9.97. The van der Waals surface area contributed by atoms with Gasteiger partial charge in [-0.15, -0.1) is 0 Å². The summed E-state index contributed by atoms with van der Waals surface area (Å²) in [5.74, 6) is 0.540. The van der Waals surface area contributed by atoms with Crippen LogP contribution in [0.25, 0.3) is 0 Å². The van der Waals surface area contributed by atoms with Gasteiger partial charge in [-0.1, -0.05) is 13.8 Å². The Bertz CT molecular complexity index is 296. The van der Waals surface area contributed by atoms with E-state index < -0.39 is 5.60 Å². The van der Waals surface area contributed by atoms with Crippen LogP contribution in [-0.2, 0) is 4.79 Å². The molecule has 0 bridgehead atoms. The van der Waals surface area contributed by atoms with Crippen LogP contribution in [0.4, 0.5) is 0 Å². The third-order valence-corrected chi connectivity index (χ3v) is 4.19. The van der Waals surface area contributed by atoms with E-state index in [9.17, 15) is 9.90 Å². The van der Waals surface area contributed by atoms with E-state index in [2.05, 4.69) is 13.8 Å². The molecule has 0 spiro atoms. The highest BCUT2D eigenvalue weighted by Gasteiger charge is 2.52. The molecule has 1 aliphatic carbocycles. The van der Waals surface area contributed by atoms with Gasteiger partial charge in [-0.25, -0.2) is 0 Å². The zero-order valence-electron chi connectivity index (χ0n) is 10.6. The Balaban J connectivity index is 1.93. The van der Waals surface area contributed by atoms with Gasteiger partial charge in [0.05, 0.1) is 5.60 Å². The largest absolute Gasteiger partial charge is 0.390 e. The van der Waals surface area contributed by atoms with Gasteiger partial charge in [0, 0.05) is 19.0 Å². The van der Waals surface area contributed by atoms with Crippen molar-refractivity contribution in [2.24, 2.45) is 11.3 Å². The van der Waals surface area contributed by atoms with E-state index >= 15 is 0 Å². The zero-order valence-corrected chi connectivity index (χ0v) is 10.6. The van der Waals surface area contributed by atoms with Gasteiger partial charge in [0.1, 0.15) is 0 Å². The molecule has 0 aromatic carbocycles. The van der Waals surface area contributed by atoms with Crippen LogP contribution in [0.1, 0.15) is 46.5 Å². The molecular formula is C13H23NO2. The Morgan fingerprint density at radius 3 is 2.44 bits per heavy atom. The lowest BCUT2D eigenvalue weighted by Gasteiger charge is -2.23. The van der Waals surface area contributed by atoms with Crippen LogP contribution in [0, 0.1) is 11.3 Å². The number of aliphatic hydroxyl groups is 1. The molecule has 1 N–H and O–H groups in total. The van der Waals surface area contributed by atoms with E-state index in [1.807, 2.05) is 11.8 Å². The van der Waals surface area contributed by atoms with Crippen molar-refractivity contribution in [1.29, 1.82) is 0 Å². The van der Waals surface area contributed by atoms with Crippen molar-refractivity contribution in [2.45, 2.75) is 52.1 Å². The summed E-state index contributed by atoms with van der Waals surface area (Å²) >= 11 is 0. The van der Waals surface area contributed by atoms with Crippen LogP contribution in [0.2, 0.25) is 0 Å². The molecule has 16 heavy (non-hydrogen) atoms. The van der Waals surface area contributed by atoms with Crippen LogP contribution in [0.5, 0.6) is 0 Å². The van der Waals surface area contributed by atoms with E-state index in [-0.39, 0.29) is 11.3 Å². The molecule has 0 aromatic rings. The normalized spacial score (nSPS) is 38.0. The number of hydrogen-bond acceptors (Lipinski definition) is 2. The first kappa shape index (κ1) is 11.9. The summed E-state index contributed by atoms with van der Waals surface area (Å²) in [4.78, 5) is 14.1. The number of nitrogens with zero attached hydrogens (tertiary/aromatic N) is 1. The fourth-order valence-electron chi connectivity index (χ4n) is 2.59. The lowest BCUT2D eigenvalue weighted by atomic mass is 9.98. The molecule has 2 atom stereocenters. The molecule has 92 valence electrons. The first-order valence-electron chi connectivity index (χ1n) is 6.33. The second-order valence-electron chi connectivity index (χ2n) is 6.42. The molecule has 0 radical (unpaired) electrons. The Hall–Kier alpha value is -0.570. The van der Waals surface area contributed by atoms with Gasteiger partial charge in [0.15, 0.2) is 0 Å². The highest BCUT2D eigenvalue weighted by atomic mass is 16.3. The van der Waals surface area contributed by atoms with Crippen molar-refractivity contribution >= 4 is 5.91 Å². The predicted octanol–water partition coefficient (Wildman–Crippen LogP) is 1.80. The van der Waals surface area contributed by atoms with Crippen molar-refractivity contribution in [3.8, 4) is 0 Å². The lowest BCUT2D eigenvalue weighted by Crippen LogP contribution is -2.35. The summed E-state index contributed by atoms with van der Waals surface area (Å²) in [5.41, 5.74) is -0.361. The number of likely N-dealkylation sites (tertiary alicyclic amines) is 1. The molecule has 2 rings (SSSR count).